The highest BCUT2D eigenvalue weighted by Gasteiger charge is 2.14. The fourth-order valence-corrected chi connectivity index (χ4v) is 2.71. The van der Waals surface area contributed by atoms with Gasteiger partial charge in [-0.1, -0.05) is 22.0 Å². The van der Waals surface area contributed by atoms with E-state index >= 15 is 0 Å². The molecule has 1 saturated heterocycles. The van der Waals surface area contributed by atoms with Crippen LogP contribution in [-0.4, -0.2) is 38.0 Å². The van der Waals surface area contributed by atoms with Gasteiger partial charge in [0.1, 0.15) is 0 Å². The largest absolute Gasteiger partial charge is 0.354 e. The Hall–Kier alpha value is -1.11. The zero-order valence-corrected chi connectivity index (χ0v) is 14.6. The number of hydrogen-bond acceptors (Lipinski definition) is 3. The first-order chi connectivity index (χ1) is 10.1. The number of hydrogen-bond donors (Lipinski definition) is 3. The van der Waals surface area contributed by atoms with E-state index in [9.17, 15) is 9.59 Å². The number of nitrogens with one attached hydrogen (secondary N) is 3. The van der Waals surface area contributed by atoms with Crippen molar-refractivity contribution >= 4 is 40.2 Å². The van der Waals surface area contributed by atoms with Crippen molar-refractivity contribution in [2.75, 3.05) is 26.2 Å². The van der Waals surface area contributed by atoms with Crippen LogP contribution in [-0.2, 0) is 4.79 Å². The van der Waals surface area contributed by atoms with Crippen molar-refractivity contribution in [2.24, 2.45) is 5.92 Å². The maximum Gasteiger partial charge on any atom is 0.251 e. The quantitative estimate of drug-likeness (QED) is 0.717. The van der Waals surface area contributed by atoms with Gasteiger partial charge in [-0.3, -0.25) is 9.59 Å². The van der Waals surface area contributed by atoms with Crippen molar-refractivity contribution in [3.8, 4) is 0 Å². The van der Waals surface area contributed by atoms with Crippen LogP contribution in [0.5, 0.6) is 0 Å². The van der Waals surface area contributed by atoms with Gasteiger partial charge in [0.25, 0.3) is 5.91 Å². The minimum Gasteiger partial charge on any atom is -0.354 e. The molecule has 1 aliphatic rings. The molecule has 5 nitrogen and oxygen atoms in total. The number of rotatable bonds is 5. The van der Waals surface area contributed by atoms with Crippen LogP contribution in [0, 0.1) is 5.92 Å². The summed E-state index contributed by atoms with van der Waals surface area (Å²) in [5.74, 6) is 0.0955. The van der Waals surface area contributed by atoms with E-state index in [0.717, 1.165) is 30.4 Å². The molecule has 1 unspecified atom stereocenters. The Bertz CT molecular complexity index is 507. The summed E-state index contributed by atoms with van der Waals surface area (Å²) in [6.07, 6.45) is 2.29. The van der Waals surface area contributed by atoms with Crippen LogP contribution >= 0.6 is 28.3 Å². The minimum atomic E-state index is -0.245. The lowest BCUT2D eigenvalue weighted by atomic mass is 10.00. The lowest BCUT2D eigenvalue weighted by Crippen LogP contribution is -2.42. The molecule has 1 atom stereocenters. The molecule has 1 fully saturated rings. The Balaban J connectivity index is 0.00000242. The van der Waals surface area contributed by atoms with E-state index in [2.05, 4.69) is 31.9 Å². The maximum absolute atomic E-state index is 11.9. The molecule has 0 aromatic heterocycles. The highest BCUT2D eigenvalue weighted by Crippen LogP contribution is 2.11. The topological polar surface area (TPSA) is 70.2 Å². The SMILES string of the molecule is Cl.O=C(CNC(=O)c1cccc(Br)c1)NCC1CCCNC1. The summed E-state index contributed by atoms with van der Waals surface area (Å²) >= 11 is 3.31. The molecular weight excluding hydrogens is 370 g/mol. The molecule has 22 heavy (non-hydrogen) atoms. The molecule has 0 saturated carbocycles. The maximum atomic E-state index is 11.9. The lowest BCUT2D eigenvalue weighted by molar-refractivity contribution is -0.120. The molecule has 2 rings (SSSR count). The Kier molecular flexibility index (Phi) is 8.45. The predicted octanol–water partition coefficient (Wildman–Crippen LogP) is 1.72. The van der Waals surface area contributed by atoms with Gasteiger partial charge < -0.3 is 16.0 Å². The summed E-state index contributed by atoms with van der Waals surface area (Å²) in [6, 6.07) is 7.07. The summed E-state index contributed by atoms with van der Waals surface area (Å²) in [5, 5.41) is 8.80. The van der Waals surface area contributed by atoms with Crippen molar-refractivity contribution < 1.29 is 9.59 Å². The monoisotopic (exact) mass is 389 g/mol. The Morgan fingerprint density at radius 1 is 1.32 bits per heavy atom. The van der Waals surface area contributed by atoms with E-state index in [1.54, 1.807) is 18.2 Å². The zero-order chi connectivity index (χ0) is 15.1. The van der Waals surface area contributed by atoms with Gasteiger partial charge in [-0.05, 0) is 50.0 Å². The van der Waals surface area contributed by atoms with E-state index < -0.39 is 0 Å². The van der Waals surface area contributed by atoms with Gasteiger partial charge in [-0.2, -0.15) is 0 Å². The van der Waals surface area contributed by atoms with Gasteiger partial charge in [-0.25, -0.2) is 0 Å². The first kappa shape index (κ1) is 18.9. The van der Waals surface area contributed by atoms with Crippen LogP contribution in [0.2, 0.25) is 0 Å². The van der Waals surface area contributed by atoms with Crippen molar-refractivity contribution in [1.29, 1.82) is 0 Å². The van der Waals surface area contributed by atoms with Gasteiger partial charge in [0.15, 0.2) is 0 Å². The van der Waals surface area contributed by atoms with Crippen molar-refractivity contribution in [1.82, 2.24) is 16.0 Å². The molecule has 1 aromatic rings. The van der Waals surface area contributed by atoms with Crippen LogP contribution in [0.15, 0.2) is 28.7 Å². The van der Waals surface area contributed by atoms with Crippen molar-refractivity contribution in [3.63, 3.8) is 0 Å². The summed E-state index contributed by atoms with van der Waals surface area (Å²) in [7, 11) is 0. The van der Waals surface area contributed by atoms with Crippen LogP contribution in [0.1, 0.15) is 23.2 Å². The van der Waals surface area contributed by atoms with Gasteiger partial charge in [-0.15, -0.1) is 12.4 Å². The molecule has 3 N–H and O–H groups in total. The van der Waals surface area contributed by atoms with E-state index in [1.165, 1.54) is 0 Å². The highest BCUT2D eigenvalue weighted by molar-refractivity contribution is 9.10. The van der Waals surface area contributed by atoms with E-state index in [0.29, 0.717) is 18.0 Å². The van der Waals surface area contributed by atoms with Crippen LogP contribution < -0.4 is 16.0 Å². The Labute approximate surface area is 145 Å². The average Bonchev–Trinajstić information content (AvgIpc) is 2.51. The molecule has 1 aliphatic heterocycles. The Morgan fingerprint density at radius 2 is 2.14 bits per heavy atom. The number of carbonyl (C=O) groups excluding carboxylic acids is 2. The Morgan fingerprint density at radius 3 is 2.82 bits per heavy atom. The van der Waals surface area contributed by atoms with Crippen LogP contribution in [0.25, 0.3) is 0 Å². The number of amides is 2. The number of benzene rings is 1. The molecule has 1 heterocycles. The zero-order valence-electron chi connectivity index (χ0n) is 12.2. The molecule has 7 heteroatoms. The molecule has 0 aliphatic carbocycles. The smallest absolute Gasteiger partial charge is 0.251 e. The summed E-state index contributed by atoms with van der Waals surface area (Å²) < 4.78 is 0.837. The molecular formula is C15H21BrClN3O2. The first-order valence-electron chi connectivity index (χ1n) is 7.16. The standard InChI is InChI=1S/C15H20BrN3O2.ClH/c16-13-5-1-4-12(7-13)15(21)19-10-14(20)18-9-11-3-2-6-17-8-11;/h1,4-5,7,11,17H,2-3,6,8-10H2,(H,18,20)(H,19,21);1H. The normalized spacial score (nSPS) is 17.2. The number of carbonyl (C=O) groups is 2. The van der Waals surface area contributed by atoms with Gasteiger partial charge in [0.05, 0.1) is 6.54 Å². The lowest BCUT2D eigenvalue weighted by Gasteiger charge is -2.22. The van der Waals surface area contributed by atoms with Crippen LogP contribution in [0.3, 0.4) is 0 Å². The molecule has 0 bridgehead atoms. The second-order valence-electron chi connectivity index (χ2n) is 5.21. The first-order valence-corrected chi connectivity index (χ1v) is 7.95. The summed E-state index contributed by atoms with van der Waals surface area (Å²) in [6.45, 7) is 2.68. The molecule has 0 radical (unpaired) electrons. The highest BCUT2D eigenvalue weighted by atomic mass is 79.9. The predicted molar refractivity (Wildman–Crippen MR) is 92.3 cm³/mol. The van der Waals surface area contributed by atoms with Crippen molar-refractivity contribution in [3.05, 3.63) is 34.3 Å². The summed E-state index contributed by atoms with van der Waals surface area (Å²) in [5.41, 5.74) is 0.536. The third-order valence-electron chi connectivity index (χ3n) is 3.48. The van der Waals surface area contributed by atoms with Crippen LogP contribution in [0.4, 0.5) is 0 Å². The third kappa shape index (κ3) is 6.34. The minimum absolute atomic E-state index is 0. The van der Waals surface area contributed by atoms with Crippen molar-refractivity contribution in [2.45, 2.75) is 12.8 Å². The number of halogens is 2. The fourth-order valence-electron chi connectivity index (χ4n) is 2.31. The van der Waals surface area contributed by atoms with E-state index in [-0.39, 0.29) is 30.8 Å². The molecule has 0 spiro atoms. The second-order valence-corrected chi connectivity index (χ2v) is 6.13. The van der Waals surface area contributed by atoms with Gasteiger partial charge >= 0.3 is 0 Å². The second kappa shape index (κ2) is 9.82. The van der Waals surface area contributed by atoms with E-state index in [1.807, 2.05) is 6.07 Å². The van der Waals surface area contributed by atoms with Gasteiger partial charge in [0, 0.05) is 16.6 Å². The molecule has 122 valence electrons. The van der Waals surface area contributed by atoms with E-state index in [4.69, 9.17) is 0 Å². The average molecular weight is 391 g/mol. The molecule has 2 amide bonds. The molecule has 1 aromatic carbocycles. The number of piperidine rings is 1. The third-order valence-corrected chi connectivity index (χ3v) is 3.98. The summed E-state index contributed by atoms with van der Waals surface area (Å²) in [4.78, 5) is 23.6. The van der Waals surface area contributed by atoms with Gasteiger partial charge in [0.2, 0.25) is 5.91 Å². The fraction of sp³-hybridized carbons (Fsp3) is 0.467.